The molecule has 4 rings (SSSR count). The summed E-state index contributed by atoms with van der Waals surface area (Å²) < 4.78 is 11.2. The Morgan fingerprint density at radius 2 is 2.08 bits per heavy atom. The summed E-state index contributed by atoms with van der Waals surface area (Å²) in [5.74, 6) is 1.09. The molecule has 5 heteroatoms. The molecule has 25 heavy (non-hydrogen) atoms. The summed E-state index contributed by atoms with van der Waals surface area (Å²) in [5.41, 5.74) is 3.20. The number of likely N-dealkylation sites (tertiary alicyclic amines) is 1. The van der Waals surface area contributed by atoms with Gasteiger partial charge in [0, 0.05) is 30.2 Å². The summed E-state index contributed by atoms with van der Waals surface area (Å²) in [4.78, 5) is 2.42. The number of ether oxygens (including phenoxy) is 1. The van der Waals surface area contributed by atoms with Gasteiger partial charge in [0.25, 0.3) is 0 Å². The van der Waals surface area contributed by atoms with Gasteiger partial charge >= 0.3 is 0 Å². The number of benzene rings is 1. The van der Waals surface area contributed by atoms with Gasteiger partial charge in [0.15, 0.2) is 5.76 Å². The Balaban J connectivity index is 1.45. The maximum atomic E-state index is 10.3. The molecule has 1 N–H and O–H groups in total. The third kappa shape index (κ3) is 3.64. The van der Waals surface area contributed by atoms with E-state index in [9.17, 15) is 5.11 Å². The van der Waals surface area contributed by atoms with E-state index in [1.165, 1.54) is 5.56 Å². The van der Waals surface area contributed by atoms with Crippen LogP contribution >= 0.6 is 0 Å². The summed E-state index contributed by atoms with van der Waals surface area (Å²) in [6.07, 6.45) is 2.77. The van der Waals surface area contributed by atoms with Crippen LogP contribution in [0.4, 0.5) is 0 Å². The molecule has 2 fully saturated rings. The van der Waals surface area contributed by atoms with Crippen molar-refractivity contribution < 1.29 is 14.4 Å². The fraction of sp³-hybridized carbons (Fsp3) is 0.550. The van der Waals surface area contributed by atoms with Crippen LogP contribution in [0.1, 0.15) is 30.6 Å². The van der Waals surface area contributed by atoms with E-state index in [0.29, 0.717) is 19.3 Å². The molecule has 0 amide bonds. The lowest BCUT2D eigenvalue weighted by atomic mass is 9.89. The predicted molar refractivity (Wildman–Crippen MR) is 95.0 cm³/mol. The highest BCUT2D eigenvalue weighted by atomic mass is 16.5. The third-order valence-corrected chi connectivity index (χ3v) is 5.54. The first-order valence-electron chi connectivity index (χ1n) is 9.23. The van der Waals surface area contributed by atoms with E-state index < -0.39 is 0 Å². The molecule has 5 nitrogen and oxygen atoms in total. The van der Waals surface area contributed by atoms with Crippen molar-refractivity contribution in [1.29, 1.82) is 0 Å². The van der Waals surface area contributed by atoms with Crippen molar-refractivity contribution in [2.75, 3.05) is 19.8 Å². The molecule has 0 unspecified atom stereocenters. The SMILES string of the molecule is Cc1ccc(-c2cc(CN3CCC[C@@H]3[C@H]3COCC[C@H]3O)on2)cc1. The second-order valence-electron chi connectivity index (χ2n) is 7.32. The molecule has 134 valence electrons. The number of rotatable bonds is 4. The van der Waals surface area contributed by atoms with Gasteiger partial charge in [0.05, 0.1) is 19.3 Å². The molecule has 0 aliphatic carbocycles. The summed E-state index contributed by atoms with van der Waals surface area (Å²) in [6, 6.07) is 10.7. The van der Waals surface area contributed by atoms with E-state index in [1.54, 1.807) is 0 Å². The van der Waals surface area contributed by atoms with Crippen molar-refractivity contribution in [2.24, 2.45) is 5.92 Å². The Hall–Kier alpha value is -1.69. The standard InChI is InChI=1S/C20H26N2O3/c1-14-4-6-15(7-5-14)18-11-16(25-21-18)12-22-9-2-3-19(22)17-13-24-10-8-20(17)23/h4-7,11,17,19-20,23H,2-3,8-10,12-13H2,1H3/t17-,19-,20-/m1/s1. The van der Waals surface area contributed by atoms with Gasteiger partial charge in [-0.3, -0.25) is 4.90 Å². The Kier molecular flexibility index (Phi) is 4.88. The highest BCUT2D eigenvalue weighted by Gasteiger charge is 2.37. The fourth-order valence-electron chi connectivity index (χ4n) is 4.10. The van der Waals surface area contributed by atoms with E-state index in [1.807, 2.05) is 6.07 Å². The highest BCUT2D eigenvalue weighted by Crippen LogP contribution is 2.31. The average molecular weight is 342 g/mol. The van der Waals surface area contributed by atoms with Gasteiger partial charge in [-0.25, -0.2) is 0 Å². The monoisotopic (exact) mass is 342 g/mol. The minimum Gasteiger partial charge on any atom is -0.393 e. The first kappa shape index (κ1) is 16.8. The van der Waals surface area contributed by atoms with Gasteiger partial charge in [-0.1, -0.05) is 35.0 Å². The van der Waals surface area contributed by atoms with Crippen LogP contribution in [-0.2, 0) is 11.3 Å². The van der Waals surface area contributed by atoms with Crippen LogP contribution in [0.25, 0.3) is 11.3 Å². The third-order valence-electron chi connectivity index (χ3n) is 5.54. The minimum absolute atomic E-state index is 0.204. The second kappa shape index (κ2) is 7.28. The molecule has 0 bridgehead atoms. The Labute approximate surface area is 148 Å². The van der Waals surface area contributed by atoms with Crippen LogP contribution in [-0.4, -0.2) is 47.1 Å². The molecule has 3 heterocycles. The van der Waals surface area contributed by atoms with Gasteiger partial charge in [0.2, 0.25) is 0 Å². The second-order valence-corrected chi connectivity index (χ2v) is 7.32. The molecule has 1 aromatic carbocycles. The topological polar surface area (TPSA) is 58.7 Å². The number of nitrogens with zero attached hydrogens (tertiary/aromatic N) is 2. The van der Waals surface area contributed by atoms with Gasteiger partial charge < -0.3 is 14.4 Å². The summed E-state index contributed by atoms with van der Waals surface area (Å²) >= 11 is 0. The number of hydrogen-bond acceptors (Lipinski definition) is 5. The molecule has 2 aromatic rings. The average Bonchev–Trinajstić information content (AvgIpc) is 3.26. The Morgan fingerprint density at radius 1 is 1.24 bits per heavy atom. The van der Waals surface area contributed by atoms with Gasteiger partial charge in [0.1, 0.15) is 5.69 Å². The molecule has 0 radical (unpaired) electrons. The quantitative estimate of drug-likeness (QED) is 0.925. The molecule has 0 spiro atoms. The zero-order valence-electron chi connectivity index (χ0n) is 14.7. The molecule has 2 saturated heterocycles. The lowest BCUT2D eigenvalue weighted by Crippen LogP contribution is -2.45. The number of hydrogen-bond donors (Lipinski definition) is 1. The van der Waals surface area contributed by atoms with Gasteiger partial charge in [-0.05, 0) is 32.7 Å². The molecule has 2 aliphatic heterocycles. The largest absolute Gasteiger partial charge is 0.393 e. The normalized spacial score (nSPS) is 27.7. The summed E-state index contributed by atoms with van der Waals surface area (Å²) in [6.45, 7) is 5.19. The molecule has 0 saturated carbocycles. The van der Waals surface area contributed by atoms with E-state index in [4.69, 9.17) is 9.26 Å². The number of aliphatic hydroxyl groups excluding tert-OH is 1. The van der Waals surface area contributed by atoms with Crippen molar-refractivity contribution in [3.05, 3.63) is 41.7 Å². The first-order valence-corrected chi connectivity index (χ1v) is 9.23. The van der Waals surface area contributed by atoms with Crippen LogP contribution in [0.2, 0.25) is 0 Å². The van der Waals surface area contributed by atoms with E-state index >= 15 is 0 Å². The number of aliphatic hydroxyl groups is 1. The maximum Gasteiger partial charge on any atom is 0.151 e. The Morgan fingerprint density at radius 3 is 2.88 bits per heavy atom. The predicted octanol–water partition coefficient (Wildman–Crippen LogP) is 3.01. The van der Waals surface area contributed by atoms with Crippen molar-refractivity contribution in [3.8, 4) is 11.3 Å². The fourth-order valence-corrected chi connectivity index (χ4v) is 4.10. The molecular formula is C20H26N2O3. The number of aryl methyl sites for hydroxylation is 1. The van der Waals surface area contributed by atoms with Crippen molar-refractivity contribution in [3.63, 3.8) is 0 Å². The van der Waals surface area contributed by atoms with Crippen LogP contribution in [0.5, 0.6) is 0 Å². The van der Waals surface area contributed by atoms with Crippen molar-refractivity contribution in [1.82, 2.24) is 10.1 Å². The smallest absolute Gasteiger partial charge is 0.151 e. The van der Waals surface area contributed by atoms with E-state index in [-0.39, 0.29) is 12.0 Å². The lowest BCUT2D eigenvalue weighted by Gasteiger charge is -2.36. The van der Waals surface area contributed by atoms with Crippen LogP contribution < -0.4 is 0 Å². The molecule has 3 atom stereocenters. The molecule has 2 aliphatic rings. The van der Waals surface area contributed by atoms with Crippen molar-refractivity contribution in [2.45, 2.75) is 44.9 Å². The highest BCUT2D eigenvalue weighted by molar-refractivity contribution is 5.59. The minimum atomic E-state index is -0.253. The number of aromatic nitrogens is 1. The molecular weight excluding hydrogens is 316 g/mol. The van der Waals surface area contributed by atoms with Crippen molar-refractivity contribution >= 4 is 0 Å². The van der Waals surface area contributed by atoms with E-state index in [2.05, 4.69) is 41.2 Å². The zero-order chi connectivity index (χ0) is 17.2. The van der Waals surface area contributed by atoms with Gasteiger partial charge in [-0.15, -0.1) is 0 Å². The first-order chi connectivity index (χ1) is 12.2. The van der Waals surface area contributed by atoms with Crippen LogP contribution in [0.3, 0.4) is 0 Å². The summed E-state index contributed by atoms with van der Waals surface area (Å²) in [5, 5.41) is 14.6. The lowest BCUT2D eigenvalue weighted by molar-refractivity contribution is -0.0642. The van der Waals surface area contributed by atoms with E-state index in [0.717, 1.165) is 49.4 Å². The summed E-state index contributed by atoms with van der Waals surface area (Å²) in [7, 11) is 0. The van der Waals surface area contributed by atoms with Crippen LogP contribution in [0, 0.1) is 12.8 Å². The van der Waals surface area contributed by atoms with Gasteiger partial charge in [-0.2, -0.15) is 0 Å². The molecule has 1 aromatic heterocycles. The zero-order valence-corrected chi connectivity index (χ0v) is 14.7. The van der Waals surface area contributed by atoms with Crippen LogP contribution in [0.15, 0.2) is 34.9 Å². The maximum absolute atomic E-state index is 10.3. The Bertz CT molecular complexity index is 697.